The van der Waals surface area contributed by atoms with E-state index in [1.54, 1.807) is 0 Å². The van der Waals surface area contributed by atoms with Gasteiger partial charge in [0.25, 0.3) is 0 Å². The predicted octanol–water partition coefficient (Wildman–Crippen LogP) is -1.76. The molecule has 0 unspecified atom stereocenters. The Morgan fingerprint density at radius 1 is 1.00 bits per heavy atom. The summed E-state index contributed by atoms with van der Waals surface area (Å²) in [5.41, 5.74) is 0. The van der Waals surface area contributed by atoms with Gasteiger partial charge in [-0.1, -0.05) is 0 Å². The average Bonchev–Trinajstić information content (AvgIpc) is 1.36. The van der Waals surface area contributed by atoms with E-state index in [0.717, 1.165) is 0 Å². The second kappa shape index (κ2) is 7.23. The predicted molar refractivity (Wildman–Crippen MR) is 23.8 cm³/mol. The van der Waals surface area contributed by atoms with E-state index >= 15 is 0 Å². The summed E-state index contributed by atoms with van der Waals surface area (Å²) < 4.78 is 0. The first kappa shape index (κ1) is 15.7. The van der Waals surface area contributed by atoms with Gasteiger partial charge in [-0.15, -0.1) is 0 Å². The third-order valence-corrected chi connectivity index (χ3v) is 0.183. The first-order valence-corrected chi connectivity index (χ1v) is 1.11. The van der Waals surface area contributed by atoms with Crippen LogP contribution in [0.15, 0.2) is 0 Å². The van der Waals surface area contributed by atoms with Gasteiger partial charge in [-0.3, -0.25) is 0 Å². The van der Waals surface area contributed by atoms with E-state index in [1.807, 2.05) is 0 Å². The minimum Gasteiger partial charge on any atom is -0.473 e. The van der Waals surface area contributed by atoms with Gasteiger partial charge in [-0.2, -0.15) is 0 Å². The van der Waals surface area contributed by atoms with Crippen LogP contribution in [-0.2, 0) is 26.7 Å². The van der Waals surface area contributed by atoms with Gasteiger partial charge in [0, 0.05) is 17.1 Å². The second-order valence-corrected chi connectivity index (χ2v) is 0.610. The van der Waals surface area contributed by atoms with Crippen molar-refractivity contribution in [1.29, 1.82) is 0 Å². The van der Waals surface area contributed by atoms with Crippen molar-refractivity contribution in [3.05, 3.63) is 0 Å². The summed E-state index contributed by atoms with van der Waals surface area (Å²) in [6.07, 6.45) is 0. The Bertz CT molecular complexity index is 80.0. The van der Waals surface area contributed by atoms with Crippen LogP contribution >= 0.6 is 0 Å². The zero-order valence-electron chi connectivity index (χ0n) is 3.09. The maximum Gasteiger partial charge on any atom is 0.414 e. The van der Waals surface area contributed by atoms with Gasteiger partial charge < -0.3 is 10.2 Å². The molecule has 0 aromatic carbocycles. The molecule has 0 bridgehead atoms. The van der Waals surface area contributed by atoms with Crippen LogP contribution in [0.1, 0.15) is 0 Å². The van der Waals surface area contributed by atoms with Crippen molar-refractivity contribution >= 4 is 35.0 Å². The zero-order valence-corrected chi connectivity index (χ0v) is 4.27. The molecule has 0 aromatic heterocycles. The van der Waals surface area contributed by atoms with Gasteiger partial charge >= 0.3 is 35.0 Å². The molecule has 1 radical (unpaired) electrons. The minimum atomic E-state index is -1.82. The van der Waals surface area contributed by atoms with Crippen molar-refractivity contribution in [1.82, 2.24) is 0 Å². The molecule has 4 nitrogen and oxygen atoms in total. The average molecular weight is 171 g/mol. The first-order chi connectivity index (χ1) is 2.64. The molecule has 0 atom stereocenters. The number of aliphatic carboxylic acids is 2. The fraction of sp³-hybridized carbons (Fsp3) is 0. The SMILES string of the molecule is O=C(O)C(=O)O.[MgH2].[Mn]. The number of carbonyl (C=O) groups is 2. The topological polar surface area (TPSA) is 74.6 Å². The van der Waals surface area contributed by atoms with Crippen LogP contribution in [0.25, 0.3) is 0 Å². The van der Waals surface area contributed by atoms with Crippen LogP contribution in [-0.4, -0.2) is 45.2 Å². The van der Waals surface area contributed by atoms with Gasteiger partial charge in [0.05, 0.1) is 0 Å². The minimum absolute atomic E-state index is 0. The van der Waals surface area contributed by atoms with Gasteiger partial charge in [-0.05, 0) is 0 Å². The summed E-state index contributed by atoms with van der Waals surface area (Å²) in [6.45, 7) is 0. The Morgan fingerprint density at radius 2 is 1.12 bits per heavy atom. The van der Waals surface area contributed by atoms with Crippen LogP contribution in [0.2, 0.25) is 0 Å². The third kappa shape index (κ3) is 9.52. The van der Waals surface area contributed by atoms with Crippen LogP contribution < -0.4 is 0 Å². The molecule has 0 fully saturated rings. The summed E-state index contributed by atoms with van der Waals surface area (Å²) >= 11 is 0. The molecule has 45 valence electrons. The number of carboxylic acid groups (broad SMARTS) is 2. The molecule has 8 heavy (non-hydrogen) atoms. The molecule has 0 saturated heterocycles. The maximum atomic E-state index is 9.10. The normalized spacial score (nSPS) is 5.50. The Balaban J connectivity index is -0.000000125. The quantitative estimate of drug-likeness (QED) is 0.334. The van der Waals surface area contributed by atoms with E-state index in [9.17, 15) is 0 Å². The molecular weight excluding hydrogens is 167 g/mol. The standard InChI is InChI=1S/C2H2O4.Mg.Mn.2H/c3-1(4)2(5)6;;;;/h(H,3,4)(H,5,6);;;;. The Kier molecular flexibility index (Phi) is 14.2. The smallest absolute Gasteiger partial charge is 0.414 e. The summed E-state index contributed by atoms with van der Waals surface area (Å²) in [7, 11) is 0. The molecule has 0 aromatic rings. The van der Waals surface area contributed by atoms with Gasteiger partial charge in [0.2, 0.25) is 0 Å². The second-order valence-electron chi connectivity index (χ2n) is 0.610. The number of hydrogen-bond donors (Lipinski definition) is 2. The molecule has 0 aliphatic heterocycles. The molecule has 6 heteroatoms. The van der Waals surface area contributed by atoms with E-state index in [2.05, 4.69) is 0 Å². The molecule has 0 aliphatic carbocycles. The van der Waals surface area contributed by atoms with Crippen molar-refractivity contribution < 1.29 is 36.9 Å². The first-order valence-electron chi connectivity index (χ1n) is 1.11. The largest absolute Gasteiger partial charge is 0.473 e. The third-order valence-electron chi connectivity index (χ3n) is 0.183. The van der Waals surface area contributed by atoms with Crippen LogP contribution in [0, 0.1) is 0 Å². The summed E-state index contributed by atoms with van der Waals surface area (Å²) in [6, 6.07) is 0. The van der Waals surface area contributed by atoms with Crippen molar-refractivity contribution in [3.8, 4) is 0 Å². The molecule has 0 saturated carbocycles. The fourth-order valence-corrected chi connectivity index (χ4v) is 0. The van der Waals surface area contributed by atoms with Crippen molar-refractivity contribution in [3.63, 3.8) is 0 Å². The molecule has 0 aliphatic rings. The molecule has 0 rings (SSSR count). The van der Waals surface area contributed by atoms with E-state index in [0.29, 0.717) is 0 Å². The van der Waals surface area contributed by atoms with Crippen molar-refractivity contribution in [2.24, 2.45) is 0 Å². The molecule has 2 N–H and O–H groups in total. The van der Waals surface area contributed by atoms with Gasteiger partial charge in [0.15, 0.2) is 0 Å². The van der Waals surface area contributed by atoms with Crippen LogP contribution in [0.3, 0.4) is 0 Å². The fourth-order valence-electron chi connectivity index (χ4n) is 0. The van der Waals surface area contributed by atoms with E-state index in [4.69, 9.17) is 19.8 Å². The monoisotopic (exact) mass is 171 g/mol. The molecule has 0 amide bonds. The zero-order chi connectivity index (χ0) is 5.15. The van der Waals surface area contributed by atoms with E-state index in [1.165, 1.54) is 0 Å². The number of carboxylic acids is 2. The Morgan fingerprint density at radius 3 is 1.12 bits per heavy atom. The number of rotatable bonds is 0. The maximum absolute atomic E-state index is 9.10. The van der Waals surface area contributed by atoms with Gasteiger partial charge in [-0.25, -0.2) is 9.59 Å². The number of hydrogen-bond acceptors (Lipinski definition) is 2. The summed E-state index contributed by atoms with van der Waals surface area (Å²) in [5, 5.41) is 14.8. The van der Waals surface area contributed by atoms with E-state index in [-0.39, 0.29) is 40.1 Å². The van der Waals surface area contributed by atoms with Crippen LogP contribution in [0.5, 0.6) is 0 Å². The van der Waals surface area contributed by atoms with Gasteiger partial charge in [0.1, 0.15) is 0 Å². The summed E-state index contributed by atoms with van der Waals surface area (Å²) in [5.74, 6) is -3.65. The summed E-state index contributed by atoms with van der Waals surface area (Å²) in [4.78, 5) is 18.2. The van der Waals surface area contributed by atoms with Crippen molar-refractivity contribution in [2.75, 3.05) is 0 Å². The molecule has 0 spiro atoms. The van der Waals surface area contributed by atoms with Crippen LogP contribution in [0.4, 0.5) is 0 Å². The Labute approximate surface area is 71.9 Å². The Hall–Kier alpha value is 0.226. The van der Waals surface area contributed by atoms with Crippen molar-refractivity contribution in [2.45, 2.75) is 0 Å². The molecule has 0 heterocycles. The molecular formula is C2H4MgMnO4. The van der Waals surface area contributed by atoms with E-state index < -0.39 is 11.9 Å².